The van der Waals surface area contributed by atoms with Crippen molar-refractivity contribution in [3.8, 4) is 16.9 Å². The maximum absolute atomic E-state index is 10.8. The fourth-order valence-electron chi connectivity index (χ4n) is 2.07. The SMILES string of the molecule is COc1c(-c2ccc(C=O)c(Cl)c2)ccc(C)c1C. The van der Waals surface area contributed by atoms with Gasteiger partial charge in [-0.1, -0.05) is 29.8 Å². The van der Waals surface area contributed by atoms with Crippen LogP contribution in [-0.4, -0.2) is 13.4 Å². The molecule has 0 heterocycles. The lowest BCUT2D eigenvalue weighted by Gasteiger charge is -2.14. The number of aryl methyl sites for hydroxylation is 1. The van der Waals surface area contributed by atoms with Gasteiger partial charge in [0.1, 0.15) is 5.75 Å². The monoisotopic (exact) mass is 274 g/mol. The number of aldehydes is 1. The first-order chi connectivity index (χ1) is 9.08. The zero-order valence-corrected chi connectivity index (χ0v) is 11.9. The van der Waals surface area contributed by atoms with Crippen molar-refractivity contribution < 1.29 is 9.53 Å². The van der Waals surface area contributed by atoms with Gasteiger partial charge in [0.15, 0.2) is 6.29 Å². The molecule has 2 aromatic rings. The number of benzene rings is 2. The Morgan fingerprint density at radius 2 is 1.89 bits per heavy atom. The molecule has 0 aliphatic rings. The number of carbonyl (C=O) groups is 1. The van der Waals surface area contributed by atoms with E-state index in [2.05, 4.69) is 6.07 Å². The lowest BCUT2D eigenvalue weighted by Crippen LogP contribution is -1.94. The van der Waals surface area contributed by atoms with E-state index in [1.165, 1.54) is 5.56 Å². The molecule has 19 heavy (non-hydrogen) atoms. The molecule has 0 saturated carbocycles. The highest BCUT2D eigenvalue weighted by atomic mass is 35.5. The van der Waals surface area contributed by atoms with Crippen molar-refractivity contribution in [2.75, 3.05) is 7.11 Å². The van der Waals surface area contributed by atoms with Crippen molar-refractivity contribution >= 4 is 17.9 Å². The first-order valence-corrected chi connectivity index (χ1v) is 6.35. The molecule has 0 bridgehead atoms. The number of methoxy groups -OCH3 is 1. The summed E-state index contributed by atoms with van der Waals surface area (Å²) in [6.45, 7) is 4.07. The first-order valence-electron chi connectivity index (χ1n) is 5.97. The molecule has 0 fully saturated rings. The average molecular weight is 275 g/mol. The van der Waals surface area contributed by atoms with Crippen molar-refractivity contribution in [1.82, 2.24) is 0 Å². The van der Waals surface area contributed by atoms with Gasteiger partial charge >= 0.3 is 0 Å². The molecule has 0 spiro atoms. The number of hydrogen-bond donors (Lipinski definition) is 0. The number of carbonyl (C=O) groups excluding carboxylic acids is 1. The molecular formula is C16H15ClO2. The van der Waals surface area contributed by atoms with Crippen LogP contribution < -0.4 is 4.74 Å². The molecule has 0 aromatic heterocycles. The minimum atomic E-state index is 0.452. The molecule has 2 aromatic carbocycles. The summed E-state index contributed by atoms with van der Waals surface area (Å²) in [6, 6.07) is 9.45. The van der Waals surface area contributed by atoms with Crippen LogP contribution in [0, 0.1) is 13.8 Å². The van der Waals surface area contributed by atoms with E-state index in [4.69, 9.17) is 16.3 Å². The van der Waals surface area contributed by atoms with Gasteiger partial charge in [0.05, 0.1) is 12.1 Å². The summed E-state index contributed by atoms with van der Waals surface area (Å²) in [7, 11) is 1.66. The first kappa shape index (κ1) is 13.6. The molecule has 0 N–H and O–H groups in total. The summed E-state index contributed by atoms with van der Waals surface area (Å²) >= 11 is 6.07. The predicted molar refractivity (Wildman–Crippen MR) is 78.3 cm³/mol. The van der Waals surface area contributed by atoms with E-state index < -0.39 is 0 Å². The minimum absolute atomic E-state index is 0.452. The van der Waals surface area contributed by atoms with Crippen molar-refractivity contribution in [2.45, 2.75) is 13.8 Å². The van der Waals surface area contributed by atoms with E-state index in [-0.39, 0.29) is 0 Å². The van der Waals surface area contributed by atoms with Crippen LogP contribution in [0.4, 0.5) is 0 Å². The van der Waals surface area contributed by atoms with Crippen LogP contribution in [0.2, 0.25) is 5.02 Å². The van der Waals surface area contributed by atoms with Crippen LogP contribution in [0.25, 0.3) is 11.1 Å². The second kappa shape index (κ2) is 5.45. The lowest BCUT2D eigenvalue weighted by molar-refractivity contribution is 0.112. The molecule has 2 nitrogen and oxygen atoms in total. The Hall–Kier alpha value is -1.80. The number of ether oxygens (including phenoxy) is 1. The Morgan fingerprint density at radius 3 is 2.47 bits per heavy atom. The summed E-state index contributed by atoms with van der Waals surface area (Å²) in [5.41, 5.74) is 4.69. The Bertz CT molecular complexity index is 633. The van der Waals surface area contributed by atoms with E-state index >= 15 is 0 Å². The molecule has 3 heteroatoms. The zero-order chi connectivity index (χ0) is 14.0. The van der Waals surface area contributed by atoms with Crippen molar-refractivity contribution in [3.63, 3.8) is 0 Å². The smallest absolute Gasteiger partial charge is 0.151 e. The topological polar surface area (TPSA) is 26.3 Å². The average Bonchev–Trinajstić information content (AvgIpc) is 2.41. The van der Waals surface area contributed by atoms with Crippen LogP contribution >= 0.6 is 11.6 Å². The molecule has 0 amide bonds. The second-order valence-corrected chi connectivity index (χ2v) is 4.85. The summed E-state index contributed by atoms with van der Waals surface area (Å²) in [4.78, 5) is 10.8. The van der Waals surface area contributed by atoms with Gasteiger partial charge in [0.25, 0.3) is 0 Å². The van der Waals surface area contributed by atoms with E-state index in [1.807, 2.05) is 26.0 Å². The zero-order valence-electron chi connectivity index (χ0n) is 11.2. The maximum atomic E-state index is 10.8. The van der Waals surface area contributed by atoms with Crippen LogP contribution in [0.1, 0.15) is 21.5 Å². The fraction of sp³-hybridized carbons (Fsp3) is 0.188. The van der Waals surface area contributed by atoms with Gasteiger partial charge in [-0.05, 0) is 42.7 Å². The normalized spacial score (nSPS) is 10.3. The highest BCUT2D eigenvalue weighted by molar-refractivity contribution is 6.33. The molecule has 2 rings (SSSR count). The summed E-state index contributed by atoms with van der Waals surface area (Å²) in [6.07, 6.45) is 0.754. The van der Waals surface area contributed by atoms with Crippen molar-refractivity contribution in [2.24, 2.45) is 0 Å². The number of hydrogen-bond acceptors (Lipinski definition) is 2. The van der Waals surface area contributed by atoms with E-state index in [1.54, 1.807) is 19.2 Å². The predicted octanol–water partition coefficient (Wildman–Crippen LogP) is 4.44. The molecule has 0 aliphatic heterocycles. The largest absolute Gasteiger partial charge is 0.496 e. The van der Waals surface area contributed by atoms with Gasteiger partial charge in [-0.15, -0.1) is 0 Å². The Kier molecular flexibility index (Phi) is 3.91. The molecule has 0 radical (unpaired) electrons. The van der Waals surface area contributed by atoms with E-state index in [0.29, 0.717) is 10.6 Å². The molecule has 0 saturated heterocycles. The molecule has 0 aliphatic carbocycles. The number of rotatable bonds is 3. The van der Waals surface area contributed by atoms with Crippen LogP contribution in [0.3, 0.4) is 0 Å². The van der Waals surface area contributed by atoms with Gasteiger partial charge in [0, 0.05) is 11.1 Å². The third kappa shape index (κ3) is 2.49. The summed E-state index contributed by atoms with van der Waals surface area (Å²) in [5.74, 6) is 0.843. The highest BCUT2D eigenvalue weighted by Gasteiger charge is 2.11. The maximum Gasteiger partial charge on any atom is 0.151 e. The second-order valence-electron chi connectivity index (χ2n) is 4.44. The Morgan fingerprint density at radius 1 is 1.16 bits per heavy atom. The van der Waals surface area contributed by atoms with Crippen molar-refractivity contribution in [3.05, 3.63) is 52.0 Å². The third-order valence-corrected chi connectivity index (χ3v) is 3.65. The van der Waals surface area contributed by atoms with Crippen LogP contribution in [0.5, 0.6) is 5.75 Å². The number of halogens is 1. The molecule has 0 atom stereocenters. The highest BCUT2D eigenvalue weighted by Crippen LogP contribution is 2.35. The third-order valence-electron chi connectivity index (χ3n) is 3.32. The van der Waals surface area contributed by atoms with Gasteiger partial charge in [0.2, 0.25) is 0 Å². The summed E-state index contributed by atoms with van der Waals surface area (Å²) < 4.78 is 5.50. The van der Waals surface area contributed by atoms with Gasteiger partial charge in [-0.25, -0.2) is 0 Å². The van der Waals surface area contributed by atoms with Crippen LogP contribution in [-0.2, 0) is 0 Å². The van der Waals surface area contributed by atoms with Crippen molar-refractivity contribution in [1.29, 1.82) is 0 Å². The molecule has 0 unspecified atom stereocenters. The fourth-order valence-corrected chi connectivity index (χ4v) is 2.30. The Labute approximate surface area is 118 Å². The minimum Gasteiger partial charge on any atom is -0.496 e. The van der Waals surface area contributed by atoms with E-state index in [0.717, 1.165) is 28.7 Å². The van der Waals surface area contributed by atoms with Gasteiger partial charge < -0.3 is 4.74 Å². The Balaban J connectivity index is 2.62. The van der Waals surface area contributed by atoms with Gasteiger partial charge in [-0.3, -0.25) is 4.79 Å². The standard InChI is InChI=1S/C16H15ClO2/c1-10-4-7-14(16(19-3)11(10)2)12-5-6-13(9-18)15(17)8-12/h4-9H,1-3H3. The molecular weight excluding hydrogens is 260 g/mol. The molecule has 98 valence electrons. The van der Waals surface area contributed by atoms with E-state index in [9.17, 15) is 4.79 Å². The van der Waals surface area contributed by atoms with Crippen LogP contribution in [0.15, 0.2) is 30.3 Å². The lowest BCUT2D eigenvalue weighted by atomic mass is 9.98. The van der Waals surface area contributed by atoms with Gasteiger partial charge in [-0.2, -0.15) is 0 Å². The quantitative estimate of drug-likeness (QED) is 0.773. The summed E-state index contributed by atoms with van der Waals surface area (Å²) in [5, 5.41) is 0.452.